The van der Waals surface area contributed by atoms with E-state index < -0.39 is 23.6 Å². The van der Waals surface area contributed by atoms with Gasteiger partial charge < -0.3 is 4.74 Å². The number of benzene rings is 1. The number of nitrogens with two attached hydrogens (primary N) is 1. The average Bonchev–Trinajstić information content (AvgIpc) is 2.75. The summed E-state index contributed by atoms with van der Waals surface area (Å²) in [6.07, 6.45) is -0.116. The Morgan fingerprint density at radius 3 is 2.60 bits per heavy atom. The highest BCUT2D eigenvalue weighted by molar-refractivity contribution is 6.00. The molecule has 1 aliphatic heterocycles. The van der Waals surface area contributed by atoms with Crippen LogP contribution in [-0.4, -0.2) is 23.6 Å². The minimum Gasteiger partial charge on any atom is -0.443 e. The Hall–Kier alpha value is -2.08. The molecule has 20 heavy (non-hydrogen) atoms. The summed E-state index contributed by atoms with van der Waals surface area (Å²) >= 11 is 0. The number of para-hydroxylation sites is 1. The quantitative estimate of drug-likeness (QED) is 0.461. The van der Waals surface area contributed by atoms with Gasteiger partial charge in [-0.25, -0.2) is 10.6 Å². The van der Waals surface area contributed by atoms with Gasteiger partial charge in [-0.05, 0) is 32.4 Å². The minimum absolute atomic E-state index is 0.410. The molecule has 2 rings (SSSR count). The molecule has 0 saturated carbocycles. The molecule has 0 fully saturated rings. The fourth-order valence-electron chi connectivity index (χ4n) is 2.23. The second-order valence-corrected chi connectivity index (χ2v) is 5.71. The van der Waals surface area contributed by atoms with E-state index in [0.717, 1.165) is 5.56 Å². The van der Waals surface area contributed by atoms with E-state index in [0.29, 0.717) is 12.1 Å². The second kappa shape index (κ2) is 5.13. The summed E-state index contributed by atoms with van der Waals surface area (Å²) in [6, 6.07) is 6.69. The number of carbonyl (C=O) groups is 2. The van der Waals surface area contributed by atoms with Crippen LogP contribution >= 0.6 is 0 Å². The Balaban J connectivity index is 2.34. The van der Waals surface area contributed by atoms with Crippen LogP contribution in [-0.2, 0) is 16.0 Å². The first-order valence-corrected chi connectivity index (χ1v) is 6.44. The van der Waals surface area contributed by atoms with Crippen molar-refractivity contribution in [3.63, 3.8) is 0 Å². The molecule has 6 heteroatoms. The van der Waals surface area contributed by atoms with Crippen LogP contribution in [0.15, 0.2) is 24.3 Å². The largest absolute Gasteiger partial charge is 0.443 e. The third-order valence-electron chi connectivity index (χ3n) is 3.01. The molecule has 1 aromatic rings. The lowest BCUT2D eigenvalue weighted by Crippen LogP contribution is -2.51. The maximum atomic E-state index is 12.3. The van der Waals surface area contributed by atoms with Crippen molar-refractivity contribution in [3.8, 4) is 0 Å². The predicted molar refractivity (Wildman–Crippen MR) is 75.0 cm³/mol. The van der Waals surface area contributed by atoms with Gasteiger partial charge in [0.15, 0.2) is 0 Å². The number of hydrogen-bond donors (Lipinski definition) is 2. The monoisotopic (exact) mass is 277 g/mol. The third-order valence-corrected chi connectivity index (χ3v) is 3.01. The lowest BCUT2D eigenvalue weighted by atomic mass is 10.1. The first-order valence-electron chi connectivity index (χ1n) is 6.44. The number of nitrogens with one attached hydrogen (secondary N) is 1. The lowest BCUT2D eigenvalue weighted by molar-refractivity contribution is -0.122. The van der Waals surface area contributed by atoms with E-state index in [2.05, 4.69) is 5.43 Å². The van der Waals surface area contributed by atoms with Gasteiger partial charge in [0.1, 0.15) is 11.6 Å². The number of hydrazine groups is 1. The van der Waals surface area contributed by atoms with Crippen molar-refractivity contribution >= 4 is 17.7 Å². The van der Waals surface area contributed by atoms with Crippen molar-refractivity contribution in [1.29, 1.82) is 0 Å². The van der Waals surface area contributed by atoms with Crippen LogP contribution in [0.5, 0.6) is 0 Å². The Morgan fingerprint density at radius 1 is 1.35 bits per heavy atom. The summed E-state index contributed by atoms with van der Waals surface area (Å²) in [5, 5.41) is 0. The molecule has 0 aromatic heterocycles. The van der Waals surface area contributed by atoms with Crippen molar-refractivity contribution in [2.24, 2.45) is 5.84 Å². The molecular formula is C14H19N3O3. The highest BCUT2D eigenvalue weighted by Crippen LogP contribution is 2.33. The minimum atomic E-state index is -0.674. The molecule has 1 aliphatic rings. The average molecular weight is 277 g/mol. The molecular weight excluding hydrogens is 258 g/mol. The molecule has 1 aromatic carbocycles. The Labute approximate surface area is 117 Å². The van der Waals surface area contributed by atoms with Crippen LogP contribution in [0, 0.1) is 0 Å². The molecule has 3 N–H and O–H groups in total. The van der Waals surface area contributed by atoms with Crippen LogP contribution in [0.1, 0.15) is 26.3 Å². The van der Waals surface area contributed by atoms with Gasteiger partial charge in [-0.3, -0.25) is 15.1 Å². The number of ether oxygens (including phenoxy) is 1. The fourth-order valence-corrected chi connectivity index (χ4v) is 2.23. The van der Waals surface area contributed by atoms with Crippen LogP contribution in [0.4, 0.5) is 10.5 Å². The van der Waals surface area contributed by atoms with Gasteiger partial charge in [0.2, 0.25) is 0 Å². The summed E-state index contributed by atoms with van der Waals surface area (Å²) < 4.78 is 5.37. The van der Waals surface area contributed by atoms with Gasteiger partial charge >= 0.3 is 6.09 Å². The molecule has 0 aliphatic carbocycles. The zero-order chi connectivity index (χ0) is 14.9. The standard InChI is InChI=1S/C14H19N3O3/c1-14(2,3)20-13(19)17-10-7-5-4-6-9(10)8-11(17)12(18)16-15/h4-7,11H,8,15H2,1-3H3,(H,16,18)/t11-/m0/s1. The molecule has 0 saturated heterocycles. The number of fused-ring (bicyclic) bond motifs is 1. The summed E-state index contributed by atoms with van der Waals surface area (Å²) in [5.41, 5.74) is 3.09. The van der Waals surface area contributed by atoms with Crippen LogP contribution < -0.4 is 16.2 Å². The molecule has 0 radical (unpaired) electrons. The van der Waals surface area contributed by atoms with E-state index in [9.17, 15) is 9.59 Å². The van der Waals surface area contributed by atoms with Gasteiger partial charge in [-0.15, -0.1) is 0 Å². The highest BCUT2D eigenvalue weighted by Gasteiger charge is 2.40. The van der Waals surface area contributed by atoms with Crippen molar-refractivity contribution < 1.29 is 14.3 Å². The molecule has 108 valence electrons. The Kier molecular flexibility index (Phi) is 3.67. The third kappa shape index (κ3) is 2.75. The summed E-state index contributed by atoms with van der Waals surface area (Å²) in [5.74, 6) is 4.79. The molecule has 6 nitrogen and oxygen atoms in total. The van der Waals surface area contributed by atoms with E-state index in [-0.39, 0.29) is 0 Å². The van der Waals surface area contributed by atoms with E-state index in [1.165, 1.54) is 4.90 Å². The van der Waals surface area contributed by atoms with Crippen molar-refractivity contribution in [2.75, 3.05) is 4.90 Å². The van der Waals surface area contributed by atoms with Crippen molar-refractivity contribution in [3.05, 3.63) is 29.8 Å². The maximum absolute atomic E-state index is 12.3. The van der Waals surface area contributed by atoms with Crippen molar-refractivity contribution in [2.45, 2.75) is 38.8 Å². The van der Waals surface area contributed by atoms with Gasteiger partial charge in [-0.1, -0.05) is 18.2 Å². The van der Waals surface area contributed by atoms with Gasteiger partial charge in [0.25, 0.3) is 5.91 Å². The van der Waals surface area contributed by atoms with Gasteiger partial charge in [0, 0.05) is 6.42 Å². The van der Waals surface area contributed by atoms with Crippen LogP contribution in [0.3, 0.4) is 0 Å². The number of amides is 2. The Morgan fingerprint density at radius 2 is 2.00 bits per heavy atom. The van der Waals surface area contributed by atoms with Gasteiger partial charge in [-0.2, -0.15) is 0 Å². The molecule has 1 atom stereocenters. The summed E-state index contributed by atoms with van der Waals surface area (Å²) in [7, 11) is 0. The topological polar surface area (TPSA) is 84.7 Å². The zero-order valence-corrected chi connectivity index (χ0v) is 11.8. The Bertz CT molecular complexity index is 537. The zero-order valence-electron chi connectivity index (χ0n) is 11.8. The second-order valence-electron chi connectivity index (χ2n) is 5.71. The fraction of sp³-hybridized carbons (Fsp3) is 0.429. The number of anilines is 1. The molecule has 2 amide bonds. The van der Waals surface area contributed by atoms with E-state index >= 15 is 0 Å². The van der Waals surface area contributed by atoms with E-state index in [4.69, 9.17) is 10.6 Å². The van der Waals surface area contributed by atoms with Crippen molar-refractivity contribution in [1.82, 2.24) is 5.43 Å². The summed E-state index contributed by atoms with van der Waals surface area (Å²) in [6.45, 7) is 5.35. The number of hydrogen-bond acceptors (Lipinski definition) is 4. The number of rotatable bonds is 1. The molecule has 0 spiro atoms. The first-order chi connectivity index (χ1) is 9.33. The van der Waals surface area contributed by atoms with Crippen LogP contribution in [0.2, 0.25) is 0 Å². The van der Waals surface area contributed by atoms with E-state index in [1.54, 1.807) is 26.8 Å². The SMILES string of the molecule is CC(C)(C)OC(=O)N1c2ccccc2C[C@H]1C(=O)NN. The normalized spacial score (nSPS) is 17.6. The van der Waals surface area contributed by atoms with Crippen LogP contribution in [0.25, 0.3) is 0 Å². The lowest BCUT2D eigenvalue weighted by Gasteiger charge is -2.28. The number of nitrogens with zero attached hydrogens (tertiary/aromatic N) is 1. The predicted octanol–water partition coefficient (Wildman–Crippen LogP) is 1.34. The van der Waals surface area contributed by atoms with E-state index in [1.807, 2.05) is 18.2 Å². The smallest absolute Gasteiger partial charge is 0.415 e. The molecule has 0 unspecified atom stereocenters. The maximum Gasteiger partial charge on any atom is 0.415 e. The molecule has 0 bridgehead atoms. The first kappa shape index (κ1) is 14.3. The summed E-state index contributed by atoms with van der Waals surface area (Å²) in [4.78, 5) is 25.6. The van der Waals surface area contributed by atoms with Gasteiger partial charge in [0.05, 0.1) is 5.69 Å². The highest BCUT2D eigenvalue weighted by atomic mass is 16.6. The number of carbonyl (C=O) groups excluding carboxylic acids is 2. The molecule has 1 heterocycles.